The number of hydrogen-bond donors (Lipinski definition) is 2. The molecular weight excluding hydrogens is 290 g/mol. The molecule has 0 atom stereocenters. The van der Waals surface area contributed by atoms with Gasteiger partial charge in [0.25, 0.3) is 0 Å². The summed E-state index contributed by atoms with van der Waals surface area (Å²) in [5, 5.41) is 3.30. The van der Waals surface area contributed by atoms with E-state index < -0.39 is 10.0 Å². The fourth-order valence-electron chi connectivity index (χ4n) is 2.36. The van der Waals surface area contributed by atoms with Crippen LogP contribution in [0.4, 0.5) is 0 Å². The van der Waals surface area contributed by atoms with Gasteiger partial charge in [0.1, 0.15) is 10.6 Å². The van der Waals surface area contributed by atoms with Crippen LogP contribution < -0.4 is 14.8 Å². The molecule has 1 aromatic carbocycles. The van der Waals surface area contributed by atoms with Gasteiger partial charge in [-0.05, 0) is 25.1 Å². The molecule has 1 aliphatic rings. The van der Waals surface area contributed by atoms with Gasteiger partial charge in [0, 0.05) is 32.7 Å². The first-order chi connectivity index (χ1) is 10.1. The van der Waals surface area contributed by atoms with E-state index in [1.54, 1.807) is 24.3 Å². The molecule has 1 heterocycles. The number of benzene rings is 1. The first-order valence-corrected chi connectivity index (χ1v) is 8.67. The van der Waals surface area contributed by atoms with Crippen molar-refractivity contribution in [3.63, 3.8) is 0 Å². The maximum absolute atomic E-state index is 12.2. The predicted octanol–water partition coefficient (Wildman–Crippen LogP) is 0.269. The second-order valence-electron chi connectivity index (χ2n) is 4.99. The molecule has 2 rings (SSSR count). The molecule has 0 unspecified atom stereocenters. The van der Waals surface area contributed by atoms with Crippen LogP contribution in [-0.2, 0) is 10.0 Å². The van der Waals surface area contributed by atoms with Crippen LogP contribution in [0.5, 0.6) is 5.75 Å². The average molecular weight is 313 g/mol. The van der Waals surface area contributed by atoms with Crippen LogP contribution in [0.1, 0.15) is 6.42 Å². The van der Waals surface area contributed by atoms with Crippen LogP contribution in [0.25, 0.3) is 0 Å². The minimum atomic E-state index is -3.51. The molecule has 118 valence electrons. The molecule has 0 aromatic heterocycles. The standard InChI is InChI=1S/C14H23N3O3S/c1-20-13-5-2-3-6-14(13)21(18,19)16-7-4-10-17-11-8-15-9-12-17/h2-3,5-6,15-16H,4,7-12H2,1H3. The van der Waals surface area contributed by atoms with Crippen LogP contribution in [0, 0.1) is 0 Å². The van der Waals surface area contributed by atoms with Gasteiger partial charge in [0.2, 0.25) is 10.0 Å². The lowest BCUT2D eigenvalue weighted by Crippen LogP contribution is -2.44. The SMILES string of the molecule is COc1ccccc1S(=O)(=O)NCCCN1CCNCC1. The van der Waals surface area contributed by atoms with Crippen LogP contribution in [0.3, 0.4) is 0 Å². The minimum absolute atomic E-state index is 0.190. The molecule has 7 heteroatoms. The average Bonchev–Trinajstić information content (AvgIpc) is 2.52. The predicted molar refractivity (Wildman–Crippen MR) is 82.1 cm³/mol. The van der Waals surface area contributed by atoms with Gasteiger partial charge in [-0.2, -0.15) is 0 Å². The zero-order valence-corrected chi connectivity index (χ0v) is 13.2. The van der Waals surface area contributed by atoms with Crippen LogP contribution in [-0.4, -0.2) is 59.7 Å². The molecule has 1 fully saturated rings. The number of rotatable bonds is 7. The molecule has 0 spiro atoms. The van der Waals surface area contributed by atoms with Gasteiger partial charge in [0.15, 0.2) is 0 Å². The smallest absolute Gasteiger partial charge is 0.244 e. The summed E-state index contributed by atoms with van der Waals surface area (Å²) in [6.07, 6.45) is 0.800. The van der Waals surface area contributed by atoms with Gasteiger partial charge >= 0.3 is 0 Å². The maximum atomic E-state index is 12.2. The lowest BCUT2D eigenvalue weighted by molar-refractivity contribution is 0.239. The second-order valence-corrected chi connectivity index (χ2v) is 6.73. The molecule has 0 saturated carbocycles. The molecule has 0 bridgehead atoms. The van der Waals surface area contributed by atoms with Crippen molar-refractivity contribution in [1.29, 1.82) is 0 Å². The van der Waals surface area contributed by atoms with Gasteiger partial charge in [-0.25, -0.2) is 13.1 Å². The first-order valence-electron chi connectivity index (χ1n) is 7.19. The number of para-hydroxylation sites is 1. The summed E-state index contributed by atoms with van der Waals surface area (Å²) < 4.78 is 32.2. The van der Waals surface area contributed by atoms with Crippen molar-refractivity contribution < 1.29 is 13.2 Å². The third kappa shape index (κ3) is 4.67. The number of ether oxygens (including phenoxy) is 1. The molecule has 1 aliphatic heterocycles. The van der Waals surface area contributed by atoms with Crippen molar-refractivity contribution in [2.75, 3.05) is 46.4 Å². The second kappa shape index (κ2) is 7.74. The lowest BCUT2D eigenvalue weighted by Gasteiger charge is -2.27. The summed E-state index contributed by atoms with van der Waals surface area (Å²) in [5.41, 5.74) is 0. The third-order valence-electron chi connectivity index (χ3n) is 3.51. The van der Waals surface area contributed by atoms with E-state index in [1.165, 1.54) is 7.11 Å². The van der Waals surface area contributed by atoms with Gasteiger partial charge in [-0.3, -0.25) is 0 Å². The van der Waals surface area contributed by atoms with E-state index in [4.69, 9.17) is 4.74 Å². The number of piperazine rings is 1. The molecular formula is C14H23N3O3S. The Kier molecular flexibility index (Phi) is 5.98. The van der Waals surface area contributed by atoms with E-state index in [-0.39, 0.29) is 4.90 Å². The van der Waals surface area contributed by atoms with Crippen molar-refractivity contribution in [1.82, 2.24) is 14.9 Å². The molecule has 21 heavy (non-hydrogen) atoms. The lowest BCUT2D eigenvalue weighted by atomic mass is 10.3. The zero-order valence-electron chi connectivity index (χ0n) is 12.3. The van der Waals surface area contributed by atoms with Crippen molar-refractivity contribution >= 4 is 10.0 Å². The van der Waals surface area contributed by atoms with E-state index in [2.05, 4.69) is 14.9 Å². The van der Waals surface area contributed by atoms with Crippen molar-refractivity contribution in [2.45, 2.75) is 11.3 Å². The number of hydrogen-bond acceptors (Lipinski definition) is 5. The summed E-state index contributed by atoms with van der Waals surface area (Å²) in [6, 6.07) is 6.65. The molecule has 6 nitrogen and oxygen atoms in total. The first kappa shape index (κ1) is 16.2. The van der Waals surface area contributed by atoms with E-state index in [9.17, 15) is 8.42 Å². The normalized spacial score (nSPS) is 16.8. The Morgan fingerprint density at radius 2 is 2.00 bits per heavy atom. The van der Waals surface area contributed by atoms with Gasteiger partial charge < -0.3 is 15.0 Å². The summed E-state index contributed by atoms with van der Waals surface area (Å²) in [7, 11) is -2.04. The Labute approximate surface area is 126 Å². The highest BCUT2D eigenvalue weighted by molar-refractivity contribution is 7.89. The summed E-state index contributed by atoms with van der Waals surface area (Å²) in [5.74, 6) is 0.368. The monoisotopic (exact) mass is 313 g/mol. The largest absolute Gasteiger partial charge is 0.495 e. The fraction of sp³-hybridized carbons (Fsp3) is 0.571. The van der Waals surface area contributed by atoms with Crippen molar-refractivity contribution in [2.24, 2.45) is 0 Å². The number of methoxy groups -OCH3 is 1. The van der Waals surface area contributed by atoms with Crippen molar-refractivity contribution in [3.8, 4) is 5.75 Å². The highest BCUT2D eigenvalue weighted by Crippen LogP contribution is 2.22. The van der Waals surface area contributed by atoms with E-state index in [0.29, 0.717) is 12.3 Å². The Hall–Kier alpha value is -1.15. The van der Waals surface area contributed by atoms with Gasteiger partial charge in [-0.1, -0.05) is 12.1 Å². The van der Waals surface area contributed by atoms with Crippen LogP contribution in [0.2, 0.25) is 0 Å². The number of sulfonamides is 1. The minimum Gasteiger partial charge on any atom is -0.495 e. The Morgan fingerprint density at radius 1 is 1.29 bits per heavy atom. The van der Waals surface area contributed by atoms with Gasteiger partial charge in [0.05, 0.1) is 7.11 Å². The van der Waals surface area contributed by atoms with Crippen molar-refractivity contribution in [3.05, 3.63) is 24.3 Å². The Morgan fingerprint density at radius 3 is 2.71 bits per heavy atom. The molecule has 1 aromatic rings. The zero-order chi connectivity index (χ0) is 15.1. The molecule has 0 radical (unpaired) electrons. The van der Waals surface area contributed by atoms with E-state index >= 15 is 0 Å². The van der Waals surface area contributed by atoms with E-state index in [1.807, 2.05) is 0 Å². The molecule has 0 amide bonds. The fourth-order valence-corrected chi connectivity index (χ4v) is 3.61. The molecule has 2 N–H and O–H groups in total. The van der Waals surface area contributed by atoms with E-state index in [0.717, 1.165) is 39.1 Å². The Bertz CT molecular complexity index is 542. The van der Waals surface area contributed by atoms with Gasteiger partial charge in [-0.15, -0.1) is 0 Å². The molecule has 0 aliphatic carbocycles. The summed E-state index contributed by atoms with van der Waals surface area (Å²) in [6.45, 7) is 5.42. The van der Waals surface area contributed by atoms with Crippen LogP contribution in [0.15, 0.2) is 29.2 Å². The topological polar surface area (TPSA) is 70.7 Å². The highest BCUT2D eigenvalue weighted by Gasteiger charge is 2.18. The summed E-state index contributed by atoms with van der Waals surface area (Å²) in [4.78, 5) is 2.53. The quantitative estimate of drug-likeness (QED) is 0.707. The number of nitrogens with one attached hydrogen (secondary N) is 2. The third-order valence-corrected chi connectivity index (χ3v) is 5.01. The summed E-state index contributed by atoms with van der Waals surface area (Å²) >= 11 is 0. The van der Waals surface area contributed by atoms with Crippen LogP contribution >= 0.6 is 0 Å². The molecule has 1 saturated heterocycles. The Balaban J connectivity index is 1.83. The number of nitrogens with zero attached hydrogens (tertiary/aromatic N) is 1. The maximum Gasteiger partial charge on any atom is 0.244 e. The highest BCUT2D eigenvalue weighted by atomic mass is 32.2.